The van der Waals surface area contributed by atoms with Gasteiger partial charge in [-0.05, 0) is 32.9 Å². The molecule has 0 aliphatic rings. The number of fused-ring (bicyclic) bond motifs is 1. The lowest BCUT2D eigenvalue weighted by Gasteiger charge is -2.11. The molecule has 0 aliphatic heterocycles. The molecule has 0 spiro atoms. The van der Waals surface area contributed by atoms with Crippen LogP contribution in [0.5, 0.6) is 0 Å². The highest BCUT2D eigenvalue weighted by Gasteiger charge is 2.16. The van der Waals surface area contributed by atoms with Crippen LogP contribution in [0.3, 0.4) is 0 Å². The van der Waals surface area contributed by atoms with Crippen LogP contribution in [-0.2, 0) is 0 Å². The molecular formula is C17H20N2S2. The number of aryl methyl sites for hydroxylation is 1. The van der Waals surface area contributed by atoms with E-state index in [-0.39, 0.29) is 0 Å². The summed E-state index contributed by atoms with van der Waals surface area (Å²) in [6.07, 6.45) is 1.16. The number of nitrogens with zero attached hydrogens (tertiary/aromatic N) is 1. The molecule has 0 radical (unpaired) electrons. The Morgan fingerprint density at radius 1 is 1.29 bits per heavy atom. The van der Waals surface area contributed by atoms with E-state index in [0.29, 0.717) is 6.04 Å². The first kappa shape index (κ1) is 14.7. The molecule has 0 fully saturated rings. The molecule has 0 saturated carbocycles. The fraction of sp³-hybridized carbons (Fsp3) is 0.353. The Balaban J connectivity index is 1.97. The van der Waals surface area contributed by atoms with Crippen molar-refractivity contribution in [3.63, 3.8) is 0 Å². The zero-order valence-corrected chi connectivity index (χ0v) is 14.3. The predicted octanol–water partition coefficient (Wildman–Crippen LogP) is 5.39. The highest BCUT2D eigenvalue weighted by Crippen LogP contribution is 2.38. The first-order valence-corrected chi connectivity index (χ1v) is 9.07. The van der Waals surface area contributed by atoms with E-state index in [9.17, 15) is 0 Å². The third-order valence-corrected chi connectivity index (χ3v) is 5.97. The third kappa shape index (κ3) is 2.89. The summed E-state index contributed by atoms with van der Waals surface area (Å²) in [6.45, 7) is 7.59. The minimum atomic E-state index is 0.376. The fourth-order valence-electron chi connectivity index (χ4n) is 2.52. The van der Waals surface area contributed by atoms with Crippen molar-refractivity contribution in [2.45, 2.75) is 33.2 Å². The van der Waals surface area contributed by atoms with Gasteiger partial charge in [-0.15, -0.1) is 22.7 Å². The van der Waals surface area contributed by atoms with Crippen molar-refractivity contribution in [2.24, 2.45) is 0 Å². The summed E-state index contributed by atoms with van der Waals surface area (Å²) in [4.78, 5) is 6.17. The van der Waals surface area contributed by atoms with E-state index in [1.807, 2.05) is 11.3 Å². The van der Waals surface area contributed by atoms with Gasteiger partial charge >= 0.3 is 0 Å². The van der Waals surface area contributed by atoms with Crippen molar-refractivity contribution >= 4 is 32.8 Å². The molecule has 0 saturated heterocycles. The summed E-state index contributed by atoms with van der Waals surface area (Å²) in [5.41, 5.74) is 2.43. The maximum absolute atomic E-state index is 4.82. The summed E-state index contributed by atoms with van der Waals surface area (Å²) in [6, 6.07) is 8.94. The zero-order valence-electron chi connectivity index (χ0n) is 12.6. The van der Waals surface area contributed by atoms with Crippen LogP contribution in [0.25, 0.3) is 20.7 Å². The molecule has 1 unspecified atom stereocenters. The lowest BCUT2D eigenvalue weighted by molar-refractivity contribution is 0.575. The Kier molecular flexibility index (Phi) is 4.38. The number of thiazole rings is 1. The first-order valence-electron chi connectivity index (χ1n) is 7.38. The van der Waals surface area contributed by atoms with E-state index < -0.39 is 0 Å². The number of hydrogen-bond donors (Lipinski definition) is 1. The molecule has 2 heterocycles. The van der Waals surface area contributed by atoms with Crippen molar-refractivity contribution in [1.29, 1.82) is 0 Å². The monoisotopic (exact) mass is 316 g/mol. The number of benzene rings is 1. The molecule has 1 N–H and O–H groups in total. The normalized spacial score (nSPS) is 12.9. The number of aromatic nitrogens is 1. The van der Waals surface area contributed by atoms with Crippen LogP contribution >= 0.6 is 22.7 Å². The van der Waals surface area contributed by atoms with Crippen LogP contribution < -0.4 is 5.32 Å². The smallest absolute Gasteiger partial charge is 0.125 e. The molecule has 110 valence electrons. The summed E-state index contributed by atoms with van der Waals surface area (Å²) < 4.78 is 1.33. The summed E-state index contributed by atoms with van der Waals surface area (Å²) in [5, 5.41) is 8.25. The molecule has 3 rings (SSSR count). The van der Waals surface area contributed by atoms with E-state index >= 15 is 0 Å². The Bertz CT molecular complexity index is 742. The topological polar surface area (TPSA) is 24.9 Å². The van der Waals surface area contributed by atoms with Crippen LogP contribution in [-0.4, -0.2) is 11.5 Å². The van der Waals surface area contributed by atoms with E-state index in [1.54, 1.807) is 11.3 Å². The predicted molar refractivity (Wildman–Crippen MR) is 94.4 cm³/mol. The van der Waals surface area contributed by atoms with Crippen LogP contribution in [0.1, 0.15) is 36.9 Å². The van der Waals surface area contributed by atoms with Crippen molar-refractivity contribution in [3.05, 3.63) is 40.2 Å². The summed E-state index contributed by atoms with van der Waals surface area (Å²) >= 11 is 3.62. The highest BCUT2D eigenvalue weighted by atomic mass is 32.1. The van der Waals surface area contributed by atoms with Crippen molar-refractivity contribution in [3.8, 4) is 10.6 Å². The average molecular weight is 316 g/mol. The molecule has 4 heteroatoms. The van der Waals surface area contributed by atoms with E-state index in [1.165, 1.54) is 20.5 Å². The molecule has 3 aromatic rings. The second kappa shape index (κ2) is 6.26. The molecule has 2 nitrogen and oxygen atoms in total. The van der Waals surface area contributed by atoms with Gasteiger partial charge in [-0.25, -0.2) is 4.98 Å². The molecule has 21 heavy (non-hydrogen) atoms. The molecule has 1 atom stereocenters. The van der Waals surface area contributed by atoms with Gasteiger partial charge in [0, 0.05) is 31.9 Å². The lowest BCUT2D eigenvalue weighted by Crippen LogP contribution is -2.18. The largest absolute Gasteiger partial charge is 0.309 e. The van der Waals surface area contributed by atoms with Crippen molar-refractivity contribution in [2.75, 3.05) is 6.54 Å². The molecule has 0 amide bonds. The van der Waals surface area contributed by atoms with Crippen LogP contribution in [0.2, 0.25) is 0 Å². The quantitative estimate of drug-likeness (QED) is 0.682. The fourth-order valence-corrected chi connectivity index (χ4v) is 4.67. The van der Waals surface area contributed by atoms with E-state index in [0.717, 1.165) is 23.7 Å². The molecular weight excluding hydrogens is 296 g/mol. The Morgan fingerprint density at radius 2 is 2.10 bits per heavy atom. The SMILES string of the molecule is CCCNC(C)c1sc(-c2csc3ccccc23)nc1C. The zero-order chi connectivity index (χ0) is 14.8. The highest BCUT2D eigenvalue weighted by molar-refractivity contribution is 7.19. The minimum Gasteiger partial charge on any atom is -0.309 e. The number of rotatable bonds is 5. The molecule has 2 aromatic heterocycles. The second-order valence-electron chi connectivity index (χ2n) is 5.29. The Labute approximate surface area is 133 Å². The summed E-state index contributed by atoms with van der Waals surface area (Å²) in [5.74, 6) is 0. The van der Waals surface area contributed by atoms with Crippen molar-refractivity contribution in [1.82, 2.24) is 10.3 Å². The average Bonchev–Trinajstić information content (AvgIpc) is 3.08. The molecule has 1 aromatic carbocycles. The number of nitrogens with one attached hydrogen (secondary N) is 1. The van der Waals surface area contributed by atoms with Gasteiger partial charge in [0.05, 0.1) is 5.69 Å². The summed E-state index contributed by atoms with van der Waals surface area (Å²) in [7, 11) is 0. The maximum atomic E-state index is 4.82. The van der Waals surface area contributed by atoms with Crippen LogP contribution in [0.4, 0.5) is 0 Å². The Hall–Kier alpha value is -1.23. The van der Waals surface area contributed by atoms with Gasteiger partial charge in [0.2, 0.25) is 0 Å². The standard InChI is InChI=1S/C17H20N2S2/c1-4-9-18-11(2)16-12(3)19-17(21-16)14-10-20-15-8-6-5-7-13(14)15/h5-8,10-11,18H,4,9H2,1-3H3. The maximum Gasteiger partial charge on any atom is 0.125 e. The second-order valence-corrected chi connectivity index (χ2v) is 7.23. The number of hydrogen-bond acceptors (Lipinski definition) is 4. The molecule has 0 bridgehead atoms. The Morgan fingerprint density at radius 3 is 2.90 bits per heavy atom. The van der Waals surface area contributed by atoms with Gasteiger partial charge < -0.3 is 5.32 Å². The third-order valence-electron chi connectivity index (χ3n) is 3.64. The van der Waals surface area contributed by atoms with E-state index in [4.69, 9.17) is 4.98 Å². The van der Waals surface area contributed by atoms with Crippen molar-refractivity contribution < 1.29 is 0 Å². The lowest BCUT2D eigenvalue weighted by atomic mass is 10.2. The number of thiophene rings is 1. The van der Waals surface area contributed by atoms with Crippen LogP contribution in [0, 0.1) is 6.92 Å². The van der Waals surface area contributed by atoms with Gasteiger partial charge in [-0.3, -0.25) is 0 Å². The van der Waals surface area contributed by atoms with Gasteiger partial charge in [-0.2, -0.15) is 0 Å². The van der Waals surface area contributed by atoms with Crippen LogP contribution in [0.15, 0.2) is 29.6 Å². The minimum absolute atomic E-state index is 0.376. The van der Waals surface area contributed by atoms with Gasteiger partial charge in [0.1, 0.15) is 5.01 Å². The van der Waals surface area contributed by atoms with Gasteiger partial charge in [-0.1, -0.05) is 25.1 Å². The van der Waals surface area contributed by atoms with Gasteiger partial charge in [0.25, 0.3) is 0 Å². The van der Waals surface area contributed by atoms with Gasteiger partial charge in [0.15, 0.2) is 0 Å². The van der Waals surface area contributed by atoms with E-state index in [2.05, 4.69) is 55.7 Å². The molecule has 0 aliphatic carbocycles. The first-order chi connectivity index (χ1) is 10.2.